The second kappa shape index (κ2) is 7.35. The smallest absolute Gasteiger partial charge is 0.233 e. The van der Waals surface area contributed by atoms with Crippen molar-refractivity contribution < 1.29 is 4.79 Å². The molecular weight excluding hydrogens is 286 g/mol. The molecule has 1 atom stereocenters. The van der Waals surface area contributed by atoms with Crippen molar-refractivity contribution in [1.82, 2.24) is 15.5 Å². The maximum absolute atomic E-state index is 11.8. The molecule has 0 aliphatic carbocycles. The van der Waals surface area contributed by atoms with Crippen LogP contribution < -0.4 is 5.32 Å². The minimum absolute atomic E-state index is 0.00414. The van der Waals surface area contributed by atoms with E-state index >= 15 is 0 Å². The topological polar surface area (TPSA) is 54.9 Å². The normalized spacial score (nSPS) is 20.5. The minimum Gasteiger partial charge on any atom is -0.355 e. The van der Waals surface area contributed by atoms with Crippen molar-refractivity contribution in [1.29, 1.82) is 0 Å². The summed E-state index contributed by atoms with van der Waals surface area (Å²) < 4.78 is 1.92. The second-order valence-electron chi connectivity index (χ2n) is 4.08. The molecule has 1 amide bonds. The van der Waals surface area contributed by atoms with Gasteiger partial charge in [-0.05, 0) is 19.3 Å². The van der Waals surface area contributed by atoms with Gasteiger partial charge in [0.1, 0.15) is 0 Å². The molecule has 0 saturated carbocycles. The molecule has 4 nitrogen and oxygen atoms in total. The quantitative estimate of drug-likeness (QED) is 0.848. The van der Waals surface area contributed by atoms with Gasteiger partial charge in [-0.25, -0.2) is 0 Å². The van der Waals surface area contributed by atoms with Crippen LogP contribution >= 0.6 is 34.9 Å². The highest BCUT2D eigenvalue weighted by Crippen LogP contribution is 2.33. The van der Waals surface area contributed by atoms with Gasteiger partial charge in [0.05, 0.1) is 5.25 Å². The Morgan fingerprint density at radius 2 is 2.22 bits per heavy atom. The number of hydrogen-bond donors (Lipinski definition) is 1. The Morgan fingerprint density at radius 1 is 1.39 bits per heavy atom. The largest absolute Gasteiger partial charge is 0.355 e. The standard InChI is InChI=1S/C11H17N3OS3/c1-2-7-16-10-13-14-11(18-10)17-8-5-3-4-6-12-9(8)15/h8H,2-7H2,1H3,(H,12,15)/t8-/m1/s1. The van der Waals surface area contributed by atoms with Gasteiger partial charge in [-0.15, -0.1) is 10.2 Å². The van der Waals surface area contributed by atoms with Crippen LogP contribution in [0.3, 0.4) is 0 Å². The van der Waals surface area contributed by atoms with Crippen molar-refractivity contribution in [2.75, 3.05) is 12.3 Å². The van der Waals surface area contributed by atoms with E-state index < -0.39 is 0 Å². The highest BCUT2D eigenvalue weighted by Gasteiger charge is 2.23. The number of rotatable bonds is 5. The van der Waals surface area contributed by atoms with Gasteiger partial charge in [0.15, 0.2) is 8.68 Å². The summed E-state index contributed by atoms with van der Waals surface area (Å²) in [6, 6.07) is 0. The van der Waals surface area contributed by atoms with E-state index in [1.54, 1.807) is 34.9 Å². The van der Waals surface area contributed by atoms with Gasteiger partial charge in [-0.2, -0.15) is 0 Å². The predicted octanol–water partition coefficient (Wildman–Crippen LogP) is 2.80. The van der Waals surface area contributed by atoms with Crippen LogP contribution in [0.2, 0.25) is 0 Å². The van der Waals surface area contributed by atoms with E-state index in [2.05, 4.69) is 22.4 Å². The summed E-state index contributed by atoms with van der Waals surface area (Å²) in [6.07, 6.45) is 4.26. The molecule has 1 aliphatic heterocycles. The van der Waals surface area contributed by atoms with Crippen LogP contribution in [0, 0.1) is 0 Å². The first-order valence-corrected chi connectivity index (χ1v) is 8.88. The Balaban J connectivity index is 1.91. The van der Waals surface area contributed by atoms with Crippen LogP contribution in [0.15, 0.2) is 8.68 Å². The Bertz CT molecular complexity index is 397. The van der Waals surface area contributed by atoms with Crippen LogP contribution in [-0.2, 0) is 4.79 Å². The van der Waals surface area contributed by atoms with Crippen molar-refractivity contribution in [3.63, 3.8) is 0 Å². The third kappa shape index (κ3) is 4.13. The highest BCUT2D eigenvalue weighted by atomic mass is 32.2. The van der Waals surface area contributed by atoms with E-state index in [1.165, 1.54) is 0 Å². The molecule has 7 heteroatoms. The molecule has 0 bridgehead atoms. The van der Waals surface area contributed by atoms with Crippen LogP contribution in [0.1, 0.15) is 32.6 Å². The summed E-state index contributed by atoms with van der Waals surface area (Å²) in [7, 11) is 0. The molecule has 1 aromatic heterocycles. The average molecular weight is 303 g/mol. The van der Waals surface area contributed by atoms with Crippen molar-refractivity contribution >= 4 is 40.8 Å². The number of amides is 1. The number of carbonyl (C=O) groups excluding carboxylic acids is 1. The SMILES string of the molecule is CCCSc1nnc(S[C@@H]2CCCCNC2=O)s1. The molecule has 1 saturated heterocycles. The van der Waals surface area contributed by atoms with Crippen LogP contribution in [0.25, 0.3) is 0 Å². The van der Waals surface area contributed by atoms with Gasteiger partial charge >= 0.3 is 0 Å². The molecule has 0 radical (unpaired) electrons. The second-order valence-corrected chi connectivity index (χ2v) is 7.85. The number of nitrogens with zero attached hydrogens (tertiary/aromatic N) is 2. The van der Waals surface area contributed by atoms with Crippen molar-refractivity contribution in [2.45, 2.75) is 46.5 Å². The third-order valence-electron chi connectivity index (χ3n) is 2.55. The first-order chi connectivity index (χ1) is 8.79. The lowest BCUT2D eigenvalue weighted by Crippen LogP contribution is -2.30. The van der Waals surface area contributed by atoms with Crippen LogP contribution in [0.4, 0.5) is 0 Å². The molecule has 2 heterocycles. The zero-order valence-corrected chi connectivity index (χ0v) is 12.8. The van der Waals surface area contributed by atoms with Gasteiger partial charge in [-0.1, -0.05) is 48.2 Å². The van der Waals surface area contributed by atoms with E-state index in [9.17, 15) is 4.79 Å². The van der Waals surface area contributed by atoms with Crippen LogP contribution in [0.5, 0.6) is 0 Å². The zero-order valence-electron chi connectivity index (χ0n) is 10.3. The molecule has 0 spiro atoms. The predicted molar refractivity (Wildman–Crippen MR) is 77.4 cm³/mol. The number of thioether (sulfide) groups is 2. The van der Waals surface area contributed by atoms with E-state index in [4.69, 9.17) is 0 Å². The zero-order chi connectivity index (χ0) is 12.8. The van der Waals surface area contributed by atoms with E-state index in [0.29, 0.717) is 0 Å². The van der Waals surface area contributed by atoms with Crippen molar-refractivity contribution in [2.24, 2.45) is 0 Å². The molecule has 0 aromatic carbocycles. The molecule has 1 N–H and O–H groups in total. The molecule has 0 unspecified atom stereocenters. The first kappa shape index (κ1) is 14.1. The summed E-state index contributed by atoms with van der Waals surface area (Å²) in [5.41, 5.74) is 0. The van der Waals surface area contributed by atoms with Gasteiger partial charge in [0.25, 0.3) is 0 Å². The lowest BCUT2D eigenvalue weighted by Gasteiger charge is -2.09. The lowest BCUT2D eigenvalue weighted by molar-refractivity contribution is -0.120. The number of hydrogen-bond acceptors (Lipinski definition) is 6. The van der Waals surface area contributed by atoms with Crippen molar-refractivity contribution in [3.8, 4) is 0 Å². The Morgan fingerprint density at radius 3 is 3.06 bits per heavy atom. The molecule has 2 rings (SSSR count). The fraction of sp³-hybridized carbons (Fsp3) is 0.727. The van der Waals surface area contributed by atoms with Gasteiger partial charge in [0, 0.05) is 12.3 Å². The number of aromatic nitrogens is 2. The van der Waals surface area contributed by atoms with Gasteiger partial charge in [-0.3, -0.25) is 4.79 Å². The monoisotopic (exact) mass is 303 g/mol. The van der Waals surface area contributed by atoms with Crippen LogP contribution in [-0.4, -0.2) is 33.7 Å². The Kier molecular flexibility index (Phi) is 5.78. The minimum atomic E-state index is 0.00414. The number of nitrogens with one attached hydrogen (secondary N) is 1. The highest BCUT2D eigenvalue weighted by molar-refractivity contribution is 8.03. The fourth-order valence-electron chi connectivity index (χ4n) is 1.64. The Hall–Kier alpha value is -0.270. The fourth-order valence-corrected chi connectivity index (χ4v) is 4.89. The Labute approximate surface area is 120 Å². The third-order valence-corrected chi connectivity index (χ3v) is 6.16. The summed E-state index contributed by atoms with van der Waals surface area (Å²) in [4.78, 5) is 11.8. The molecule has 18 heavy (non-hydrogen) atoms. The van der Waals surface area contributed by atoms with E-state index in [0.717, 1.165) is 46.7 Å². The molecule has 1 aromatic rings. The summed E-state index contributed by atoms with van der Waals surface area (Å²) in [5, 5.41) is 11.3. The maximum Gasteiger partial charge on any atom is 0.233 e. The molecule has 1 fully saturated rings. The van der Waals surface area contributed by atoms with E-state index in [1.807, 2.05) is 0 Å². The average Bonchev–Trinajstić information content (AvgIpc) is 2.72. The molecular formula is C11H17N3OS3. The summed E-state index contributed by atoms with van der Waals surface area (Å²) in [5.74, 6) is 1.22. The number of carbonyl (C=O) groups is 1. The lowest BCUT2D eigenvalue weighted by atomic mass is 10.2. The van der Waals surface area contributed by atoms with Crippen molar-refractivity contribution in [3.05, 3.63) is 0 Å². The summed E-state index contributed by atoms with van der Waals surface area (Å²) >= 11 is 4.90. The molecule has 100 valence electrons. The first-order valence-electron chi connectivity index (χ1n) is 6.20. The van der Waals surface area contributed by atoms with Gasteiger partial charge in [0.2, 0.25) is 5.91 Å². The van der Waals surface area contributed by atoms with E-state index in [-0.39, 0.29) is 11.2 Å². The molecule has 1 aliphatic rings. The maximum atomic E-state index is 11.8. The summed E-state index contributed by atoms with van der Waals surface area (Å²) in [6.45, 7) is 2.96. The van der Waals surface area contributed by atoms with Gasteiger partial charge < -0.3 is 5.32 Å².